The molecule has 0 radical (unpaired) electrons. The number of aryl methyl sites for hydroxylation is 1. The number of anilines is 1. The zero-order chi connectivity index (χ0) is 14.5. The van der Waals surface area contributed by atoms with Crippen LogP contribution in [0.25, 0.3) is 0 Å². The van der Waals surface area contributed by atoms with E-state index in [0.29, 0.717) is 6.54 Å². The maximum Gasteiger partial charge on any atom is 0.142 e. The van der Waals surface area contributed by atoms with Crippen LogP contribution in [0.4, 0.5) is 5.69 Å². The van der Waals surface area contributed by atoms with Crippen LogP contribution in [0.1, 0.15) is 11.1 Å². The van der Waals surface area contributed by atoms with Crippen molar-refractivity contribution in [2.24, 2.45) is 0 Å². The Kier molecular flexibility index (Phi) is 4.74. The van der Waals surface area contributed by atoms with E-state index in [1.807, 2.05) is 37.3 Å². The third-order valence-corrected chi connectivity index (χ3v) is 3.53. The highest BCUT2D eigenvalue weighted by atomic mass is 35.5. The summed E-state index contributed by atoms with van der Waals surface area (Å²) in [6.07, 6.45) is 0. The van der Waals surface area contributed by atoms with Gasteiger partial charge in [0.15, 0.2) is 0 Å². The van der Waals surface area contributed by atoms with Crippen LogP contribution in [0.3, 0.4) is 0 Å². The van der Waals surface area contributed by atoms with Crippen LogP contribution in [-0.4, -0.2) is 14.2 Å². The first-order valence-electron chi connectivity index (χ1n) is 6.35. The smallest absolute Gasteiger partial charge is 0.142 e. The third kappa shape index (κ3) is 3.36. The molecule has 2 rings (SSSR count). The van der Waals surface area contributed by atoms with Gasteiger partial charge >= 0.3 is 0 Å². The molecule has 2 aromatic rings. The Hall–Kier alpha value is -1.87. The lowest BCUT2D eigenvalue weighted by Crippen LogP contribution is -2.02. The first-order valence-corrected chi connectivity index (χ1v) is 6.72. The molecule has 0 bridgehead atoms. The number of nitrogens with one attached hydrogen (secondary N) is 1. The average molecular weight is 292 g/mol. The van der Waals surface area contributed by atoms with Gasteiger partial charge in [-0.05, 0) is 36.2 Å². The number of benzene rings is 2. The predicted molar refractivity (Wildman–Crippen MR) is 83.1 cm³/mol. The number of hydrogen-bond donors (Lipinski definition) is 1. The van der Waals surface area contributed by atoms with E-state index in [0.717, 1.165) is 33.3 Å². The molecule has 0 heterocycles. The standard InChI is InChI=1S/C16H18ClNO2/c1-11-4-5-12(8-14(11)17)10-18-15-9-13(19-2)6-7-16(15)20-3/h4-9,18H,10H2,1-3H3. The highest BCUT2D eigenvalue weighted by Gasteiger charge is 2.05. The molecule has 2 aromatic carbocycles. The number of methoxy groups -OCH3 is 2. The second kappa shape index (κ2) is 6.53. The van der Waals surface area contributed by atoms with Crippen molar-refractivity contribution in [2.75, 3.05) is 19.5 Å². The van der Waals surface area contributed by atoms with Crippen molar-refractivity contribution in [3.8, 4) is 11.5 Å². The predicted octanol–water partition coefficient (Wildman–Crippen LogP) is 4.28. The van der Waals surface area contributed by atoms with Crippen molar-refractivity contribution >= 4 is 17.3 Å². The molecule has 0 aliphatic heterocycles. The molecule has 106 valence electrons. The normalized spacial score (nSPS) is 10.2. The molecule has 4 heteroatoms. The van der Waals surface area contributed by atoms with Crippen molar-refractivity contribution < 1.29 is 9.47 Å². The van der Waals surface area contributed by atoms with Gasteiger partial charge in [-0.1, -0.05) is 23.7 Å². The first kappa shape index (κ1) is 14.5. The molecule has 0 atom stereocenters. The summed E-state index contributed by atoms with van der Waals surface area (Å²) in [5.74, 6) is 1.57. The van der Waals surface area contributed by atoms with E-state index in [-0.39, 0.29) is 0 Å². The Morgan fingerprint density at radius 2 is 1.85 bits per heavy atom. The molecular weight excluding hydrogens is 274 g/mol. The number of ether oxygens (including phenoxy) is 2. The lowest BCUT2D eigenvalue weighted by Gasteiger charge is -2.13. The van der Waals surface area contributed by atoms with E-state index in [2.05, 4.69) is 11.4 Å². The third-order valence-electron chi connectivity index (χ3n) is 3.13. The van der Waals surface area contributed by atoms with E-state index in [4.69, 9.17) is 21.1 Å². The summed E-state index contributed by atoms with van der Waals surface area (Å²) in [4.78, 5) is 0. The molecule has 0 saturated carbocycles. The molecule has 1 N–H and O–H groups in total. The van der Waals surface area contributed by atoms with Crippen LogP contribution in [-0.2, 0) is 6.54 Å². The fourth-order valence-corrected chi connectivity index (χ4v) is 2.10. The van der Waals surface area contributed by atoms with Gasteiger partial charge in [0.1, 0.15) is 11.5 Å². The van der Waals surface area contributed by atoms with Gasteiger partial charge in [0.25, 0.3) is 0 Å². The van der Waals surface area contributed by atoms with Crippen molar-refractivity contribution in [1.82, 2.24) is 0 Å². The SMILES string of the molecule is COc1ccc(OC)c(NCc2ccc(C)c(Cl)c2)c1. The Labute approximate surface area is 124 Å². The minimum Gasteiger partial charge on any atom is -0.497 e. The van der Waals surface area contributed by atoms with E-state index in [1.54, 1.807) is 14.2 Å². The van der Waals surface area contributed by atoms with Gasteiger partial charge in [0, 0.05) is 17.6 Å². The van der Waals surface area contributed by atoms with Crippen LogP contribution >= 0.6 is 11.6 Å². The van der Waals surface area contributed by atoms with Crippen LogP contribution in [0.15, 0.2) is 36.4 Å². The molecular formula is C16H18ClNO2. The summed E-state index contributed by atoms with van der Waals surface area (Å²) < 4.78 is 10.6. The summed E-state index contributed by atoms with van der Waals surface area (Å²) >= 11 is 6.13. The number of hydrogen-bond acceptors (Lipinski definition) is 3. The highest BCUT2D eigenvalue weighted by molar-refractivity contribution is 6.31. The minimum absolute atomic E-state index is 0.670. The maximum absolute atomic E-state index is 6.13. The van der Waals surface area contributed by atoms with Gasteiger partial charge in [-0.2, -0.15) is 0 Å². The Morgan fingerprint density at radius 3 is 2.50 bits per heavy atom. The van der Waals surface area contributed by atoms with Gasteiger partial charge < -0.3 is 14.8 Å². The van der Waals surface area contributed by atoms with Crippen LogP contribution in [0.5, 0.6) is 11.5 Å². The molecule has 0 aliphatic carbocycles. The van der Waals surface area contributed by atoms with Gasteiger partial charge in [0.2, 0.25) is 0 Å². The zero-order valence-corrected chi connectivity index (χ0v) is 12.6. The molecule has 20 heavy (non-hydrogen) atoms. The molecule has 0 amide bonds. The van der Waals surface area contributed by atoms with Crippen molar-refractivity contribution in [3.05, 3.63) is 52.5 Å². The number of halogens is 1. The van der Waals surface area contributed by atoms with Gasteiger partial charge in [-0.25, -0.2) is 0 Å². The largest absolute Gasteiger partial charge is 0.497 e. The van der Waals surface area contributed by atoms with Gasteiger partial charge in [-0.15, -0.1) is 0 Å². The van der Waals surface area contributed by atoms with Gasteiger partial charge in [-0.3, -0.25) is 0 Å². The van der Waals surface area contributed by atoms with Crippen molar-refractivity contribution in [3.63, 3.8) is 0 Å². The maximum atomic E-state index is 6.13. The lowest BCUT2D eigenvalue weighted by molar-refractivity contribution is 0.404. The summed E-state index contributed by atoms with van der Waals surface area (Å²) in [5.41, 5.74) is 3.09. The lowest BCUT2D eigenvalue weighted by atomic mass is 10.1. The minimum atomic E-state index is 0.670. The van der Waals surface area contributed by atoms with Crippen LogP contribution in [0, 0.1) is 6.92 Å². The Balaban J connectivity index is 2.15. The second-order valence-electron chi connectivity index (χ2n) is 4.50. The van der Waals surface area contributed by atoms with E-state index in [1.165, 1.54) is 0 Å². The number of rotatable bonds is 5. The quantitative estimate of drug-likeness (QED) is 0.892. The van der Waals surface area contributed by atoms with Crippen LogP contribution in [0.2, 0.25) is 5.02 Å². The summed E-state index contributed by atoms with van der Waals surface area (Å²) in [6.45, 7) is 2.66. The van der Waals surface area contributed by atoms with Crippen LogP contribution < -0.4 is 14.8 Å². The molecule has 0 aromatic heterocycles. The highest BCUT2D eigenvalue weighted by Crippen LogP contribution is 2.29. The average Bonchev–Trinajstić information content (AvgIpc) is 2.48. The molecule has 0 spiro atoms. The molecule has 0 aliphatic rings. The molecule has 0 fully saturated rings. The second-order valence-corrected chi connectivity index (χ2v) is 4.91. The summed E-state index contributed by atoms with van der Waals surface area (Å²) in [6, 6.07) is 11.7. The Morgan fingerprint density at radius 1 is 1.05 bits per heavy atom. The van der Waals surface area contributed by atoms with E-state index < -0.39 is 0 Å². The first-order chi connectivity index (χ1) is 9.63. The zero-order valence-electron chi connectivity index (χ0n) is 11.9. The summed E-state index contributed by atoms with van der Waals surface area (Å²) in [7, 11) is 3.29. The van der Waals surface area contributed by atoms with Crippen molar-refractivity contribution in [2.45, 2.75) is 13.5 Å². The van der Waals surface area contributed by atoms with E-state index >= 15 is 0 Å². The fourth-order valence-electron chi connectivity index (χ4n) is 1.90. The topological polar surface area (TPSA) is 30.5 Å². The van der Waals surface area contributed by atoms with E-state index in [9.17, 15) is 0 Å². The van der Waals surface area contributed by atoms with Gasteiger partial charge in [0.05, 0.1) is 19.9 Å². The summed E-state index contributed by atoms with van der Waals surface area (Å²) in [5, 5.41) is 4.12. The van der Waals surface area contributed by atoms with Crippen molar-refractivity contribution in [1.29, 1.82) is 0 Å². The molecule has 0 unspecified atom stereocenters. The molecule has 3 nitrogen and oxygen atoms in total. The molecule has 0 saturated heterocycles. The monoisotopic (exact) mass is 291 g/mol. The fraction of sp³-hybridized carbons (Fsp3) is 0.250. The Bertz CT molecular complexity index is 599.